The highest BCUT2D eigenvalue weighted by Gasteiger charge is 2.23. The summed E-state index contributed by atoms with van der Waals surface area (Å²) in [7, 11) is 0. The van der Waals surface area contributed by atoms with Gasteiger partial charge < -0.3 is 19.9 Å². The van der Waals surface area contributed by atoms with Gasteiger partial charge in [0.15, 0.2) is 11.5 Å². The lowest BCUT2D eigenvalue weighted by molar-refractivity contribution is 0.142. The fraction of sp³-hybridized carbons (Fsp3) is 0.500. The van der Waals surface area contributed by atoms with Gasteiger partial charge in [0, 0.05) is 32.6 Å². The third kappa shape index (κ3) is 2.13. The Morgan fingerprint density at radius 2 is 2.10 bits per heavy atom. The van der Waals surface area contributed by atoms with Crippen LogP contribution in [-0.2, 0) is 6.42 Å². The van der Waals surface area contributed by atoms with E-state index in [0.717, 1.165) is 23.6 Å². The number of aromatic nitrogens is 4. The molecule has 8 heteroatoms. The first-order valence-corrected chi connectivity index (χ1v) is 6.61. The molecule has 0 saturated carbocycles. The highest BCUT2D eigenvalue weighted by molar-refractivity contribution is 5.83. The van der Waals surface area contributed by atoms with E-state index in [1.807, 2.05) is 6.92 Å². The Morgan fingerprint density at radius 3 is 2.75 bits per heavy atom. The molecule has 0 radical (unpaired) electrons. The van der Waals surface area contributed by atoms with Crippen molar-refractivity contribution in [3.8, 4) is 0 Å². The van der Waals surface area contributed by atoms with Crippen molar-refractivity contribution in [1.82, 2.24) is 24.8 Å². The Labute approximate surface area is 115 Å². The lowest BCUT2D eigenvalue weighted by Gasteiger charge is -2.33. The van der Waals surface area contributed by atoms with Gasteiger partial charge in [-0.15, -0.1) is 0 Å². The lowest BCUT2D eigenvalue weighted by atomic mass is 10.3. The number of nitrogens with zero attached hydrogens (tertiary/aromatic N) is 5. The molecule has 1 aliphatic rings. The summed E-state index contributed by atoms with van der Waals surface area (Å²) in [6.07, 6.45) is 1.44. The average molecular weight is 276 g/mol. The number of amides is 1. The molecule has 1 fully saturated rings. The van der Waals surface area contributed by atoms with Gasteiger partial charge in [-0.05, 0) is 0 Å². The minimum absolute atomic E-state index is 0.482. The van der Waals surface area contributed by atoms with E-state index in [2.05, 4.69) is 24.8 Å². The second kappa shape index (κ2) is 4.95. The molecule has 106 valence electrons. The van der Waals surface area contributed by atoms with Gasteiger partial charge in [0.2, 0.25) is 0 Å². The molecule has 8 nitrogen and oxygen atoms in total. The number of anilines is 1. The Morgan fingerprint density at radius 1 is 1.35 bits per heavy atom. The van der Waals surface area contributed by atoms with Crippen LogP contribution in [0.1, 0.15) is 12.7 Å². The molecule has 0 aliphatic carbocycles. The molecule has 2 aromatic heterocycles. The number of fused-ring (bicyclic) bond motifs is 1. The molecular formula is C12H16N6O2. The van der Waals surface area contributed by atoms with E-state index >= 15 is 0 Å². The number of hydrogen-bond donors (Lipinski definition) is 2. The van der Waals surface area contributed by atoms with Crippen LogP contribution in [0.15, 0.2) is 6.33 Å². The third-order valence-electron chi connectivity index (χ3n) is 3.50. The number of H-pyrrole nitrogens is 1. The summed E-state index contributed by atoms with van der Waals surface area (Å²) < 4.78 is 0. The molecule has 0 bridgehead atoms. The topological polar surface area (TPSA) is 98.2 Å². The lowest BCUT2D eigenvalue weighted by Crippen LogP contribution is -2.48. The van der Waals surface area contributed by atoms with E-state index in [0.29, 0.717) is 31.8 Å². The van der Waals surface area contributed by atoms with Gasteiger partial charge in [-0.25, -0.2) is 19.7 Å². The van der Waals surface area contributed by atoms with E-state index in [4.69, 9.17) is 5.11 Å². The second-order valence-electron chi connectivity index (χ2n) is 4.69. The number of nitrogens with one attached hydrogen (secondary N) is 1. The zero-order chi connectivity index (χ0) is 14.1. The molecule has 0 aromatic carbocycles. The third-order valence-corrected chi connectivity index (χ3v) is 3.50. The Kier molecular flexibility index (Phi) is 3.13. The van der Waals surface area contributed by atoms with Gasteiger partial charge in [-0.3, -0.25) is 0 Å². The maximum absolute atomic E-state index is 10.9. The first-order valence-electron chi connectivity index (χ1n) is 6.61. The maximum atomic E-state index is 10.9. The number of piperazine rings is 1. The molecule has 0 atom stereocenters. The zero-order valence-electron chi connectivity index (χ0n) is 11.2. The van der Waals surface area contributed by atoms with Gasteiger partial charge >= 0.3 is 6.09 Å². The zero-order valence-corrected chi connectivity index (χ0v) is 11.2. The van der Waals surface area contributed by atoms with Crippen LogP contribution < -0.4 is 4.90 Å². The van der Waals surface area contributed by atoms with Crippen LogP contribution in [0.3, 0.4) is 0 Å². The number of aryl methyl sites for hydroxylation is 1. The van der Waals surface area contributed by atoms with Gasteiger partial charge in [-0.2, -0.15) is 0 Å². The Balaban J connectivity index is 1.87. The monoisotopic (exact) mass is 276 g/mol. The number of rotatable bonds is 2. The molecule has 3 rings (SSSR count). The molecule has 1 saturated heterocycles. The molecule has 3 heterocycles. The minimum atomic E-state index is -0.868. The summed E-state index contributed by atoms with van der Waals surface area (Å²) in [5.41, 5.74) is 1.49. The molecule has 1 amide bonds. The Bertz CT molecular complexity index is 632. The van der Waals surface area contributed by atoms with Crippen molar-refractivity contribution >= 4 is 23.1 Å². The van der Waals surface area contributed by atoms with Crippen molar-refractivity contribution in [3.05, 3.63) is 12.2 Å². The van der Waals surface area contributed by atoms with Crippen molar-refractivity contribution in [3.63, 3.8) is 0 Å². The van der Waals surface area contributed by atoms with E-state index in [1.165, 1.54) is 11.2 Å². The summed E-state index contributed by atoms with van der Waals surface area (Å²) in [4.78, 5) is 30.5. The van der Waals surface area contributed by atoms with Crippen molar-refractivity contribution in [1.29, 1.82) is 0 Å². The number of carbonyl (C=O) groups is 1. The minimum Gasteiger partial charge on any atom is -0.465 e. The maximum Gasteiger partial charge on any atom is 0.407 e. The van der Waals surface area contributed by atoms with E-state index in [-0.39, 0.29) is 0 Å². The van der Waals surface area contributed by atoms with Crippen molar-refractivity contribution < 1.29 is 9.90 Å². The smallest absolute Gasteiger partial charge is 0.407 e. The molecular weight excluding hydrogens is 260 g/mol. The highest BCUT2D eigenvalue weighted by Crippen LogP contribution is 2.22. The molecule has 20 heavy (non-hydrogen) atoms. The molecule has 0 spiro atoms. The van der Waals surface area contributed by atoms with Crippen molar-refractivity contribution in [2.24, 2.45) is 0 Å². The summed E-state index contributed by atoms with van der Waals surface area (Å²) in [5, 5.41) is 8.97. The van der Waals surface area contributed by atoms with Crippen molar-refractivity contribution in [2.45, 2.75) is 13.3 Å². The number of imidazole rings is 1. The first kappa shape index (κ1) is 12.6. The molecule has 2 N–H and O–H groups in total. The standard InChI is InChI=1S/C12H16N6O2/c1-2-8-15-9-10(16-8)13-7-14-11(9)17-3-5-18(6-4-17)12(19)20/h7H,2-6H2,1H3,(H,19,20)(H,13,14,15,16). The predicted octanol–water partition coefficient (Wildman–Crippen LogP) is 0.715. The largest absolute Gasteiger partial charge is 0.465 e. The summed E-state index contributed by atoms with van der Waals surface area (Å²) >= 11 is 0. The summed E-state index contributed by atoms with van der Waals surface area (Å²) in [5.74, 6) is 1.68. The average Bonchev–Trinajstić information content (AvgIpc) is 2.90. The first-order chi connectivity index (χ1) is 9.69. The normalized spacial score (nSPS) is 15.8. The van der Waals surface area contributed by atoms with Crippen LogP contribution in [0.4, 0.5) is 10.6 Å². The van der Waals surface area contributed by atoms with Gasteiger partial charge in [0.1, 0.15) is 17.7 Å². The van der Waals surface area contributed by atoms with E-state index in [9.17, 15) is 4.79 Å². The predicted molar refractivity (Wildman–Crippen MR) is 72.9 cm³/mol. The molecule has 1 aliphatic heterocycles. The quantitative estimate of drug-likeness (QED) is 0.838. The van der Waals surface area contributed by atoms with Crippen LogP contribution in [0.5, 0.6) is 0 Å². The van der Waals surface area contributed by atoms with Gasteiger partial charge in [0.05, 0.1) is 0 Å². The SMILES string of the molecule is CCc1nc2ncnc(N3CCN(C(=O)O)CC3)c2[nH]1. The van der Waals surface area contributed by atoms with Gasteiger partial charge in [0.25, 0.3) is 0 Å². The molecule has 0 unspecified atom stereocenters. The van der Waals surface area contributed by atoms with Gasteiger partial charge in [-0.1, -0.05) is 6.92 Å². The van der Waals surface area contributed by atoms with Crippen LogP contribution in [-0.4, -0.2) is 62.2 Å². The van der Waals surface area contributed by atoms with Crippen LogP contribution in [0.2, 0.25) is 0 Å². The summed E-state index contributed by atoms with van der Waals surface area (Å²) in [6.45, 7) is 4.24. The Hall–Kier alpha value is -2.38. The second-order valence-corrected chi connectivity index (χ2v) is 4.69. The van der Waals surface area contributed by atoms with E-state index < -0.39 is 6.09 Å². The highest BCUT2D eigenvalue weighted by atomic mass is 16.4. The van der Waals surface area contributed by atoms with E-state index in [1.54, 1.807) is 0 Å². The van der Waals surface area contributed by atoms with Crippen molar-refractivity contribution in [2.75, 3.05) is 31.1 Å². The van der Waals surface area contributed by atoms with Crippen LogP contribution in [0.25, 0.3) is 11.2 Å². The molecule has 2 aromatic rings. The number of aromatic amines is 1. The fourth-order valence-electron chi connectivity index (χ4n) is 2.38. The fourth-order valence-corrected chi connectivity index (χ4v) is 2.38. The number of hydrogen-bond acceptors (Lipinski definition) is 5. The number of carboxylic acid groups (broad SMARTS) is 1. The summed E-state index contributed by atoms with van der Waals surface area (Å²) in [6, 6.07) is 0. The van der Waals surface area contributed by atoms with Crippen LogP contribution >= 0.6 is 0 Å². The van der Waals surface area contributed by atoms with Crippen LogP contribution in [0, 0.1) is 0 Å².